The predicted octanol–water partition coefficient (Wildman–Crippen LogP) is 3.34. The van der Waals surface area contributed by atoms with E-state index in [1.807, 2.05) is 24.3 Å². The van der Waals surface area contributed by atoms with Crippen LogP contribution in [0.4, 0.5) is 4.79 Å². The van der Waals surface area contributed by atoms with Gasteiger partial charge in [-0.1, -0.05) is 48.5 Å². The number of piperidine rings is 1. The molecule has 1 heterocycles. The summed E-state index contributed by atoms with van der Waals surface area (Å²) in [6.45, 7) is 0.869. The number of amides is 1. The summed E-state index contributed by atoms with van der Waals surface area (Å²) in [5.41, 5.74) is 4.74. The van der Waals surface area contributed by atoms with Gasteiger partial charge in [-0.05, 0) is 34.6 Å². The Balaban J connectivity index is 1.33. The van der Waals surface area contributed by atoms with Crippen LogP contribution in [-0.2, 0) is 9.53 Å². The van der Waals surface area contributed by atoms with Crippen molar-refractivity contribution in [2.45, 2.75) is 18.4 Å². The van der Waals surface area contributed by atoms with Crippen molar-refractivity contribution in [3.63, 3.8) is 0 Å². The van der Waals surface area contributed by atoms with E-state index in [0.29, 0.717) is 6.54 Å². The first-order valence-electron chi connectivity index (χ1n) is 9.01. The van der Waals surface area contributed by atoms with Gasteiger partial charge in [-0.25, -0.2) is 4.79 Å². The number of benzene rings is 2. The molecule has 1 amide bonds. The molecular weight excluding hydrogens is 330 g/mol. The van der Waals surface area contributed by atoms with E-state index in [1.165, 1.54) is 22.3 Å². The quantitative estimate of drug-likeness (QED) is 0.923. The van der Waals surface area contributed by atoms with E-state index in [0.717, 1.165) is 6.42 Å². The molecule has 2 aliphatic carbocycles. The number of carboxylic acid groups (broad SMARTS) is 1. The van der Waals surface area contributed by atoms with Crippen molar-refractivity contribution in [3.05, 3.63) is 59.7 Å². The first-order valence-corrected chi connectivity index (χ1v) is 9.01. The maximum absolute atomic E-state index is 12.5. The molecule has 2 aromatic carbocycles. The van der Waals surface area contributed by atoms with Crippen molar-refractivity contribution in [3.8, 4) is 11.1 Å². The van der Waals surface area contributed by atoms with Crippen molar-refractivity contribution >= 4 is 12.1 Å². The number of hydrogen-bond acceptors (Lipinski definition) is 3. The molecule has 1 aliphatic heterocycles. The number of carbonyl (C=O) groups is 2. The molecule has 1 N–H and O–H groups in total. The van der Waals surface area contributed by atoms with E-state index in [-0.39, 0.29) is 30.6 Å². The van der Waals surface area contributed by atoms with Crippen LogP contribution in [0.25, 0.3) is 11.1 Å². The lowest BCUT2D eigenvalue weighted by Crippen LogP contribution is -2.34. The van der Waals surface area contributed by atoms with E-state index in [1.54, 1.807) is 4.90 Å². The second kappa shape index (κ2) is 5.59. The summed E-state index contributed by atoms with van der Waals surface area (Å²) in [4.78, 5) is 25.4. The van der Waals surface area contributed by atoms with Crippen LogP contribution >= 0.6 is 0 Å². The fraction of sp³-hybridized carbons (Fsp3) is 0.333. The van der Waals surface area contributed by atoms with Crippen LogP contribution in [0.5, 0.6) is 0 Å². The van der Waals surface area contributed by atoms with E-state index in [4.69, 9.17) is 4.74 Å². The molecule has 3 aliphatic rings. The summed E-state index contributed by atoms with van der Waals surface area (Å²) in [5.74, 6) is -1.09. The monoisotopic (exact) mass is 349 g/mol. The fourth-order valence-electron chi connectivity index (χ4n) is 4.79. The summed E-state index contributed by atoms with van der Waals surface area (Å²) >= 11 is 0. The minimum Gasteiger partial charge on any atom is -0.481 e. The summed E-state index contributed by atoms with van der Waals surface area (Å²) in [6, 6.07) is 16.2. The van der Waals surface area contributed by atoms with Crippen LogP contribution in [0.15, 0.2) is 48.5 Å². The van der Waals surface area contributed by atoms with Gasteiger partial charge in [0.2, 0.25) is 0 Å². The molecule has 3 atom stereocenters. The highest BCUT2D eigenvalue weighted by Crippen LogP contribution is 2.51. The number of carbonyl (C=O) groups excluding carboxylic acids is 1. The molecule has 0 spiro atoms. The zero-order valence-electron chi connectivity index (χ0n) is 14.2. The molecule has 0 bridgehead atoms. The molecule has 132 valence electrons. The Labute approximate surface area is 151 Å². The van der Waals surface area contributed by atoms with Crippen molar-refractivity contribution in [1.29, 1.82) is 0 Å². The second-order valence-electron chi connectivity index (χ2n) is 7.30. The van der Waals surface area contributed by atoms with Crippen LogP contribution in [0.1, 0.15) is 23.5 Å². The van der Waals surface area contributed by atoms with Gasteiger partial charge >= 0.3 is 12.1 Å². The lowest BCUT2D eigenvalue weighted by atomic mass is 9.98. The Morgan fingerprint density at radius 1 is 1.04 bits per heavy atom. The molecule has 0 aromatic heterocycles. The highest BCUT2D eigenvalue weighted by molar-refractivity contribution is 5.80. The standard InChI is InChI=1S/C21H19NO4/c23-20(24)18-16-9-10-22(19(16)18)21(25)26-11-17-14-7-3-1-5-12(14)13-6-2-4-8-15(13)17/h1-8,16-19H,9-11H2,(H,23,24)/t16-,18-,19-/m1/s1. The Morgan fingerprint density at radius 2 is 1.65 bits per heavy atom. The van der Waals surface area contributed by atoms with Crippen molar-refractivity contribution in [2.75, 3.05) is 13.2 Å². The maximum Gasteiger partial charge on any atom is 0.410 e. The summed E-state index contributed by atoms with van der Waals surface area (Å²) < 4.78 is 5.64. The van der Waals surface area contributed by atoms with Gasteiger partial charge in [0, 0.05) is 12.5 Å². The zero-order chi connectivity index (χ0) is 17.8. The van der Waals surface area contributed by atoms with Gasteiger partial charge in [0.15, 0.2) is 0 Å². The number of rotatable bonds is 3. The molecule has 5 heteroatoms. The van der Waals surface area contributed by atoms with Crippen molar-refractivity contribution in [1.82, 2.24) is 4.90 Å². The Bertz CT molecular complexity index is 863. The fourth-order valence-corrected chi connectivity index (χ4v) is 4.79. The summed E-state index contributed by atoms with van der Waals surface area (Å²) in [7, 11) is 0. The molecule has 2 fully saturated rings. The van der Waals surface area contributed by atoms with Crippen LogP contribution in [0.3, 0.4) is 0 Å². The molecule has 1 saturated heterocycles. The maximum atomic E-state index is 12.5. The molecule has 0 radical (unpaired) electrons. The van der Waals surface area contributed by atoms with Crippen molar-refractivity contribution < 1.29 is 19.4 Å². The zero-order valence-corrected chi connectivity index (χ0v) is 14.2. The first-order chi connectivity index (χ1) is 12.7. The Kier molecular flexibility index (Phi) is 3.32. The SMILES string of the molecule is O=C(O)[C@@H]1[C@H]2CCN(C(=O)OCC3c4ccccc4-c4ccccc43)[C@H]21. The number of ether oxygens (including phenoxy) is 1. The average molecular weight is 349 g/mol. The lowest BCUT2D eigenvalue weighted by Gasteiger charge is -2.21. The normalized spacial score (nSPS) is 25.4. The van der Waals surface area contributed by atoms with Gasteiger partial charge < -0.3 is 14.7 Å². The highest BCUT2D eigenvalue weighted by atomic mass is 16.6. The minimum atomic E-state index is -0.809. The third kappa shape index (κ3) is 2.16. The number of hydrogen-bond donors (Lipinski definition) is 1. The number of likely N-dealkylation sites (tertiary alicyclic amines) is 1. The number of nitrogens with zero attached hydrogens (tertiary/aromatic N) is 1. The first kappa shape index (κ1) is 15.4. The Hall–Kier alpha value is -2.82. The largest absolute Gasteiger partial charge is 0.481 e. The molecule has 1 saturated carbocycles. The third-order valence-corrected chi connectivity index (χ3v) is 6.05. The van der Waals surface area contributed by atoms with E-state index < -0.39 is 11.9 Å². The van der Waals surface area contributed by atoms with Gasteiger partial charge in [-0.2, -0.15) is 0 Å². The predicted molar refractivity (Wildman–Crippen MR) is 94.8 cm³/mol. The van der Waals surface area contributed by atoms with Gasteiger partial charge in [0.05, 0.1) is 12.0 Å². The highest BCUT2D eigenvalue weighted by Gasteiger charge is 2.63. The third-order valence-electron chi connectivity index (χ3n) is 6.05. The topological polar surface area (TPSA) is 66.8 Å². The molecular formula is C21H19NO4. The minimum absolute atomic E-state index is 0.0271. The molecule has 0 unspecified atom stereocenters. The molecule has 26 heavy (non-hydrogen) atoms. The smallest absolute Gasteiger partial charge is 0.410 e. The number of fused-ring (bicyclic) bond motifs is 4. The average Bonchev–Trinajstić information content (AvgIpc) is 3.07. The Morgan fingerprint density at radius 3 is 2.23 bits per heavy atom. The van der Waals surface area contributed by atoms with Crippen LogP contribution in [-0.4, -0.2) is 41.3 Å². The van der Waals surface area contributed by atoms with E-state index in [9.17, 15) is 14.7 Å². The van der Waals surface area contributed by atoms with Gasteiger partial charge in [-0.15, -0.1) is 0 Å². The summed E-state index contributed by atoms with van der Waals surface area (Å²) in [6.07, 6.45) is 0.370. The van der Waals surface area contributed by atoms with Crippen LogP contribution < -0.4 is 0 Å². The van der Waals surface area contributed by atoms with E-state index >= 15 is 0 Å². The van der Waals surface area contributed by atoms with Gasteiger partial charge in [0.25, 0.3) is 0 Å². The van der Waals surface area contributed by atoms with Crippen LogP contribution in [0, 0.1) is 11.8 Å². The molecule has 5 rings (SSSR count). The van der Waals surface area contributed by atoms with Gasteiger partial charge in [0.1, 0.15) is 6.61 Å². The number of aliphatic carboxylic acids is 1. The van der Waals surface area contributed by atoms with E-state index in [2.05, 4.69) is 24.3 Å². The number of carboxylic acids is 1. The van der Waals surface area contributed by atoms with Gasteiger partial charge in [-0.3, -0.25) is 4.79 Å². The van der Waals surface area contributed by atoms with Crippen LogP contribution in [0.2, 0.25) is 0 Å². The second-order valence-corrected chi connectivity index (χ2v) is 7.30. The molecule has 2 aromatic rings. The molecule has 5 nitrogen and oxygen atoms in total. The lowest BCUT2D eigenvalue weighted by molar-refractivity contribution is -0.139. The summed E-state index contributed by atoms with van der Waals surface area (Å²) in [5, 5.41) is 9.20. The van der Waals surface area contributed by atoms with Crippen molar-refractivity contribution in [2.24, 2.45) is 11.8 Å².